The van der Waals surface area contributed by atoms with Gasteiger partial charge in [-0.2, -0.15) is 0 Å². The van der Waals surface area contributed by atoms with Gasteiger partial charge in [0.1, 0.15) is 24.5 Å². The zero-order valence-corrected chi connectivity index (χ0v) is 15.7. The molecule has 0 saturated carbocycles. The fraction of sp³-hybridized carbons (Fsp3) is 0.316. The second-order valence-electron chi connectivity index (χ2n) is 6.46. The van der Waals surface area contributed by atoms with Crippen molar-refractivity contribution >= 4 is 29.0 Å². The molecule has 0 aliphatic heterocycles. The predicted molar refractivity (Wildman–Crippen MR) is 105 cm³/mol. The first kappa shape index (κ1) is 20.1. The van der Waals surface area contributed by atoms with Gasteiger partial charge in [-0.3, -0.25) is 0 Å². The Morgan fingerprint density at radius 3 is 2.72 bits per heavy atom. The van der Waals surface area contributed by atoms with Crippen LogP contribution in [0.2, 0.25) is 0 Å². The fourth-order valence-corrected chi connectivity index (χ4v) is 2.86. The first-order chi connectivity index (χ1) is 14.0. The lowest BCUT2D eigenvalue weighted by Crippen LogP contribution is -2.41. The smallest absolute Gasteiger partial charge is 0.408 e. The van der Waals surface area contributed by atoms with E-state index in [9.17, 15) is 14.7 Å². The van der Waals surface area contributed by atoms with Gasteiger partial charge in [0.05, 0.1) is 6.33 Å². The molecule has 0 aliphatic carbocycles. The summed E-state index contributed by atoms with van der Waals surface area (Å²) in [5, 5.41) is 11.7. The van der Waals surface area contributed by atoms with Crippen molar-refractivity contribution < 1.29 is 19.4 Å². The third-order valence-electron chi connectivity index (χ3n) is 4.37. The van der Waals surface area contributed by atoms with Crippen LogP contribution in [0.1, 0.15) is 24.8 Å². The Morgan fingerprint density at radius 1 is 1.17 bits per heavy atom. The molecule has 1 unspecified atom stereocenters. The van der Waals surface area contributed by atoms with E-state index in [0.717, 1.165) is 5.56 Å². The van der Waals surface area contributed by atoms with Crippen molar-refractivity contribution in [1.29, 1.82) is 0 Å². The summed E-state index contributed by atoms with van der Waals surface area (Å²) in [6.07, 6.45) is 3.79. The predicted octanol–water partition coefficient (Wildman–Crippen LogP) is 1.96. The number of aryl methyl sites for hydroxylation is 1. The number of ether oxygens (including phenoxy) is 1. The number of benzene rings is 1. The number of alkyl carbamates (subject to hydrolysis) is 1. The molecule has 3 rings (SSSR count). The van der Waals surface area contributed by atoms with E-state index in [1.165, 1.54) is 6.33 Å². The highest BCUT2D eigenvalue weighted by Crippen LogP contribution is 2.15. The molecule has 10 heteroatoms. The number of rotatable bonds is 9. The Bertz CT molecular complexity index is 975. The quantitative estimate of drug-likeness (QED) is 0.464. The first-order valence-corrected chi connectivity index (χ1v) is 9.16. The lowest BCUT2D eigenvalue weighted by Gasteiger charge is -2.14. The number of carbonyl (C=O) groups is 2. The third kappa shape index (κ3) is 5.41. The third-order valence-corrected chi connectivity index (χ3v) is 4.37. The summed E-state index contributed by atoms with van der Waals surface area (Å²) in [6, 6.07) is 8.15. The largest absolute Gasteiger partial charge is 0.480 e. The fourth-order valence-electron chi connectivity index (χ4n) is 2.86. The van der Waals surface area contributed by atoms with Gasteiger partial charge in [0.2, 0.25) is 0 Å². The van der Waals surface area contributed by atoms with Crippen molar-refractivity contribution in [1.82, 2.24) is 24.8 Å². The Kier molecular flexibility index (Phi) is 6.56. The highest BCUT2D eigenvalue weighted by molar-refractivity contribution is 5.81. The molecule has 2 aromatic heterocycles. The molecule has 4 N–H and O–H groups in total. The normalized spacial score (nSPS) is 11.9. The number of unbranched alkanes of at least 4 members (excludes halogenated alkanes) is 1. The SMILES string of the molecule is Nc1ncnc2c1ncn2CCCCC(NC(=O)OCc1ccccc1)C(=O)O. The van der Waals surface area contributed by atoms with Crippen LogP contribution in [0, 0.1) is 0 Å². The molecule has 1 aromatic carbocycles. The van der Waals surface area contributed by atoms with Crippen LogP contribution in [-0.2, 0) is 22.7 Å². The second-order valence-corrected chi connectivity index (χ2v) is 6.46. The summed E-state index contributed by atoms with van der Waals surface area (Å²) < 4.78 is 6.92. The van der Waals surface area contributed by atoms with E-state index in [0.29, 0.717) is 36.4 Å². The van der Waals surface area contributed by atoms with Crippen LogP contribution in [0.15, 0.2) is 43.0 Å². The molecule has 0 bridgehead atoms. The number of aliphatic carboxylic acids is 1. The number of aromatic nitrogens is 4. The van der Waals surface area contributed by atoms with Crippen LogP contribution in [0.25, 0.3) is 11.2 Å². The molecule has 152 valence electrons. The minimum Gasteiger partial charge on any atom is -0.480 e. The van der Waals surface area contributed by atoms with Gasteiger partial charge in [0.25, 0.3) is 0 Å². The molecule has 0 radical (unpaired) electrons. The average molecular weight is 398 g/mol. The van der Waals surface area contributed by atoms with Gasteiger partial charge < -0.3 is 25.5 Å². The lowest BCUT2D eigenvalue weighted by atomic mass is 10.1. The van der Waals surface area contributed by atoms with Crippen molar-refractivity contribution in [3.63, 3.8) is 0 Å². The monoisotopic (exact) mass is 398 g/mol. The van der Waals surface area contributed by atoms with E-state index in [2.05, 4.69) is 20.3 Å². The van der Waals surface area contributed by atoms with Gasteiger partial charge in [0.15, 0.2) is 11.5 Å². The van der Waals surface area contributed by atoms with Gasteiger partial charge >= 0.3 is 12.1 Å². The second kappa shape index (κ2) is 9.49. The van der Waals surface area contributed by atoms with Crippen LogP contribution in [0.5, 0.6) is 0 Å². The molecule has 29 heavy (non-hydrogen) atoms. The summed E-state index contributed by atoms with van der Waals surface area (Å²) in [6.45, 7) is 0.676. The molecular formula is C19H22N6O4. The van der Waals surface area contributed by atoms with Crippen molar-refractivity contribution in [3.8, 4) is 0 Å². The van der Waals surface area contributed by atoms with E-state index in [1.807, 2.05) is 34.9 Å². The zero-order valence-electron chi connectivity index (χ0n) is 15.7. The minimum absolute atomic E-state index is 0.0811. The molecule has 0 aliphatic rings. The van der Waals surface area contributed by atoms with Crippen LogP contribution >= 0.6 is 0 Å². The van der Waals surface area contributed by atoms with E-state index in [4.69, 9.17) is 10.5 Å². The molecule has 10 nitrogen and oxygen atoms in total. The Balaban J connectivity index is 1.45. The number of carbonyl (C=O) groups excluding carboxylic acids is 1. The molecule has 3 aromatic rings. The van der Waals surface area contributed by atoms with Gasteiger partial charge in [-0.1, -0.05) is 30.3 Å². The van der Waals surface area contributed by atoms with E-state index >= 15 is 0 Å². The minimum atomic E-state index is -1.10. The Labute approximate surface area is 166 Å². The first-order valence-electron chi connectivity index (χ1n) is 9.16. The van der Waals surface area contributed by atoms with Crippen LogP contribution < -0.4 is 11.1 Å². The van der Waals surface area contributed by atoms with Gasteiger partial charge in [-0.05, 0) is 24.8 Å². The number of hydrogen-bond acceptors (Lipinski definition) is 7. The van der Waals surface area contributed by atoms with Crippen molar-refractivity contribution in [3.05, 3.63) is 48.5 Å². The Hall–Kier alpha value is -3.69. The van der Waals surface area contributed by atoms with Crippen molar-refractivity contribution in [2.45, 2.75) is 38.5 Å². The summed E-state index contributed by atoms with van der Waals surface area (Å²) in [5.41, 5.74) is 7.76. The van der Waals surface area contributed by atoms with Crippen LogP contribution in [0.3, 0.4) is 0 Å². The number of nitrogens with two attached hydrogens (primary N) is 1. The summed E-state index contributed by atoms with van der Waals surface area (Å²) in [4.78, 5) is 35.6. The number of carboxylic acids is 1. The number of amides is 1. The zero-order chi connectivity index (χ0) is 20.6. The highest BCUT2D eigenvalue weighted by atomic mass is 16.5. The highest BCUT2D eigenvalue weighted by Gasteiger charge is 2.20. The molecule has 0 saturated heterocycles. The maximum Gasteiger partial charge on any atom is 0.408 e. The molecular weight excluding hydrogens is 376 g/mol. The lowest BCUT2D eigenvalue weighted by molar-refractivity contribution is -0.139. The average Bonchev–Trinajstić information content (AvgIpc) is 3.14. The standard InChI is InChI=1S/C19H22N6O4/c20-16-15-17(22-11-21-16)25(12-23-15)9-5-4-8-14(18(26)27)24-19(28)29-10-13-6-2-1-3-7-13/h1-3,6-7,11-12,14H,4-5,8-10H2,(H,24,28)(H,26,27)(H2,20,21,22). The van der Waals surface area contributed by atoms with E-state index in [-0.39, 0.29) is 13.0 Å². The van der Waals surface area contributed by atoms with E-state index < -0.39 is 18.1 Å². The molecule has 2 heterocycles. The molecule has 0 spiro atoms. The molecule has 1 amide bonds. The van der Waals surface area contributed by atoms with Crippen LogP contribution in [-0.4, -0.2) is 42.7 Å². The summed E-state index contributed by atoms with van der Waals surface area (Å²) in [7, 11) is 0. The molecule has 1 atom stereocenters. The number of carboxylic acid groups (broad SMARTS) is 1. The number of fused-ring (bicyclic) bond motifs is 1. The number of anilines is 1. The Morgan fingerprint density at radius 2 is 1.97 bits per heavy atom. The van der Waals surface area contributed by atoms with E-state index in [1.54, 1.807) is 6.33 Å². The van der Waals surface area contributed by atoms with Gasteiger partial charge in [0, 0.05) is 6.54 Å². The van der Waals surface area contributed by atoms with Crippen molar-refractivity contribution in [2.75, 3.05) is 5.73 Å². The maximum atomic E-state index is 11.9. The number of nitrogens with zero attached hydrogens (tertiary/aromatic N) is 4. The van der Waals surface area contributed by atoms with Gasteiger partial charge in [-0.25, -0.2) is 24.5 Å². The summed E-state index contributed by atoms with van der Waals surface area (Å²) in [5.74, 6) is -0.784. The number of nitrogen functional groups attached to an aromatic ring is 1. The number of hydrogen-bond donors (Lipinski definition) is 3. The van der Waals surface area contributed by atoms with Gasteiger partial charge in [-0.15, -0.1) is 0 Å². The number of imidazole rings is 1. The maximum absolute atomic E-state index is 11.9. The number of nitrogens with one attached hydrogen (secondary N) is 1. The van der Waals surface area contributed by atoms with Crippen molar-refractivity contribution in [2.24, 2.45) is 0 Å². The molecule has 0 fully saturated rings. The van der Waals surface area contributed by atoms with Crippen LogP contribution in [0.4, 0.5) is 10.6 Å². The summed E-state index contributed by atoms with van der Waals surface area (Å²) >= 11 is 0. The topological polar surface area (TPSA) is 145 Å².